The van der Waals surface area contributed by atoms with Crippen LogP contribution in [-0.2, 0) is 0 Å². The molecule has 4 nitrogen and oxygen atoms in total. The van der Waals surface area contributed by atoms with E-state index in [1.165, 1.54) is 0 Å². The molecule has 1 aromatic rings. The Morgan fingerprint density at radius 2 is 2.33 bits per heavy atom. The lowest BCUT2D eigenvalue weighted by Gasteiger charge is -2.20. The number of aromatic nitrogens is 2. The zero-order valence-electron chi connectivity index (χ0n) is 9.16. The average molecular weight is 271 g/mol. The van der Waals surface area contributed by atoms with Crippen molar-refractivity contribution in [3.8, 4) is 6.07 Å². The van der Waals surface area contributed by atoms with E-state index in [0.29, 0.717) is 5.82 Å². The van der Waals surface area contributed by atoms with Crippen LogP contribution in [0.25, 0.3) is 0 Å². The molecule has 0 aromatic carbocycles. The second kappa shape index (κ2) is 4.23. The fraction of sp³-hybridized carbons (Fsp3) is 0.600. The number of nitrogens with zero attached hydrogens (tertiary/aromatic N) is 3. The molecule has 0 spiro atoms. The highest BCUT2D eigenvalue weighted by Crippen LogP contribution is 2.28. The van der Waals surface area contributed by atoms with E-state index in [0.717, 1.165) is 10.9 Å². The van der Waals surface area contributed by atoms with Crippen molar-refractivity contribution in [2.45, 2.75) is 33.2 Å². The lowest BCUT2D eigenvalue weighted by Crippen LogP contribution is -2.16. The van der Waals surface area contributed by atoms with Crippen LogP contribution >= 0.6 is 15.9 Å². The zero-order chi connectivity index (χ0) is 11.6. The lowest BCUT2D eigenvalue weighted by atomic mass is 9.88. The first-order valence-electron chi connectivity index (χ1n) is 4.77. The van der Waals surface area contributed by atoms with Crippen LogP contribution in [0.2, 0.25) is 0 Å². The summed E-state index contributed by atoms with van der Waals surface area (Å²) in [6.07, 6.45) is 2.59. The summed E-state index contributed by atoms with van der Waals surface area (Å²) in [5, 5.41) is 13.1. The van der Waals surface area contributed by atoms with Gasteiger partial charge in [0.2, 0.25) is 0 Å². The Kier molecular flexibility index (Phi) is 3.40. The number of hydrogen-bond donors (Lipinski definition) is 1. The van der Waals surface area contributed by atoms with Crippen LogP contribution in [0.3, 0.4) is 0 Å². The highest BCUT2D eigenvalue weighted by atomic mass is 79.9. The number of anilines is 1. The number of nitriles is 1. The number of nitrogens with two attached hydrogens (primary N) is 1. The molecule has 0 aliphatic rings. The fourth-order valence-corrected chi connectivity index (χ4v) is 1.78. The van der Waals surface area contributed by atoms with E-state index in [2.05, 4.69) is 27.1 Å². The third-order valence-electron chi connectivity index (χ3n) is 2.27. The molecular formula is C10H15BrN4. The first-order valence-corrected chi connectivity index (χ1v) is 5.56. The van der Waals surface area contributed by atoms with E-state index >= 15 is 0 Å². The summed E-state index contributed by atoms with van der Waals surface area (Å²) in [7, 11) is 0. The minimum Gasteiger partial charge on any atom is -0.381 e. The van der Waals surface area contributed by atoms with Gasteiger partial charge in [-0.15, -0.1) is 0 Å². The standard InChI is InChI=1S/C10H15BrN4/c1-7(4-10(2,3)6-12)15-5-8(11)9(13)14-15/h5,7H,4H2,1-3H3,(H2,13,14). The van der Waals surface area contributed by atoms with Gasteiger partial charge in [-0.05, 0) is 43.1 Å². The van der Waals surface area contributed by atoms with Crippen LogP contribution < -0.4 is 5.73 Å². The highest BCUT2D eigenvalue weighted by molar-refractivity contribution is 9.10. The van der Waals surface area contributed by atoms with Gasteiger partial charge >= 0.3 is 0 Å². The maximum Gasteiger partial charge on any atom is 0.159 e. The highest BCUT2D eigenvalue weighted by Gasteiger charge is 2.22. The molecular weight excluding hydrogens is 256 g/mol. The Morgan fingerprint density at radius 3 is 2.73 bits per heavy atom. The first-order chi connectivity index (χ1) is 6.85. The van der Waals surface area contributed by atoms with Crippen LogP contribution in [0.15, 0.2) is 10.7 Å². The minimum absolute atomic E-state index is 0.160. The van der Waals surface area contributed by atoms with E-state index in [9.17, 15) is 0 Å². The lowest BCUT2D eigenvalue weighted by molar-refractivity contribution is 0.337. The van der Waals surface area contributed by atoms with E-state index in [4.69, 9.17) is 11.0 Å². The summed E-state index contributed by atoms with van der Waals surface area (Å²) < 4.78 is 2.59. The SMILES string of the molecule is CC(CC(C)(C)C#N)n1cc(Br)c(N)n1. The number of rotatable bonds is 3. The molecule has 0 radical (unpaired) electrons. The van der Waals surface area contributed by atoms with Crippen molar-refractivity contribution in [1.29, 1.82) is 5.26 Å². The summed E-state index contributed by atoms with van der Waals surface area (Å²) in [4.78, 5) is 0. The summed E-state index contributed by atoms with van der Waals surface area (Å²) in [5.74, 6) is 0.483. The molecule has 0 amide bonds. The fourth-order valence-electron chi connectivity index (χ4n) is 1.49. The molecule has 1 heterocycles. The van der Waals surface area contributed by atoms with Crippen molar-refractivity contribution in [1.82, 2.24) is 9.78 Å². The largest absolute Gasteiger partial charge is 0.381 e. The quantitative estimate of drug-likeness (QED) is 0.919. The molecule has 1 atom stereocenters. The number of nitrogen functional groups attached to an aromatic ring is 1. The van der Waals surface area contributed by atoms with Gasteiger partial charge in [0.25, 0.3) is 0 Å². The molecule has 2 N–H and O–H groups in total. The van der Waals surface area contributed by atoms with Gasteiger partial charge < -0.3 is 5.73 Å². The van der Waals surface area contributed by atoms with Crippen LogP contribution in [0, 0.1) is 16.7 Å². The Morgan fingerprint density at radius 1 is 1.73 bits per heavy atom. The van der Waals surface area contributed by atoms with E-state index in [-0.39, 0.29) is 11.5 Å². The van der Waals surface area contributed by atoms with Crippen LogP contribution in [0.4, 0.5) is 5.82 Å². The van der Waals surface area contributed by atoms with Gasteiger partial charge in [-0.1, -0.05) is 0 Å². The summed E-state index contributed by atoms with van der Waals surface area (Å²) in [6.45, 7) is 5.87. The summed E-state index contributed by atoms with van der Waals surface area (Å²) >= 11 is 3.31. The molecule has 1 aromatic heterocycles. The zero-order valence-corrected chi connectivity index (χ0v) is 10.7. The molecule has 0 fully saturated rings. The van der Waals surface area contributed by atoms with Crippen molar-refractivity contribution in [2.24, 2.45) is 5.41 Å². The van der Waals surface area contributed by atoms with Crippen molar-refractivity contribution in [3.63, 3.8) is 0 Å². The maximum absolute atomic E-state index is 8.94. The summed E-state index contributed by atoms with van der Waals surface area (Å²) in [5.41, 5.74) is 5.29. The van der Waals surface area contributed by atoms with E-state index in [1.54, 1.807) is 4.68 Å². The van der Waals surface area contributed by atoms with Gasteiger partial charge in [0.05, 0.1) is 22.0 Å². The molecule has 15 heavy (non-hydrogen) atoms. The van der Waals surface area contributed by atoms with E-state index in [1.807, 2.05) is 27.0 Å². The Labute approximate surface area is 98.2 Å². The molecule has 0 aliphatic carbocycles. The van der Waals surface area contributed by atoms with Crippen LogP contribution in [0.1, 0.15) is 33.2 Å². The van der Waals surface area contributed by atoms with Crippen LogP contribution in [-0.4, -0.2) is 9.78 Å². The van der Waals surface area contributed by atoms with Gasteiger partial charge in [0.1, 0.15) is 0 Å². The average Bonchev–Trinajstić information content (AvgIpc) is 2.47. The van der Waals surface area contributed by atoms with Crippen molar-refractivity contribution in [2.75, 3.05) is 5.73 Å². The van der Waals surface area contributed by atoms with Gasteiger partial charge in [-0.25, -0.2) is 0 Å². The first kappa shape index (κ1) is 12.1. The molecule has 1 rings (SSSR count). The van der Waals surface area contributed by atoms with Gasteiger partial charge in [0, 0.05) is 6.20 Å². The molecule has 0 aliphatic heterocycles. The molecule has 5 heteroatoms. The summed E-state index contributed by atoms with van der Waals surface area (Å²) in [6, 6.07) is 2.44. The molecule has 0 saturated carbocycles. The molecule has 82 valence electrons. The topological polar surface area (TPSA) is 67.6 Å². The third kappa shape index (κ3) is 2.96. The molecule has 0 saturated heterocycles. The second-order valence-electron chi connectivity index (χ2n) is 4.39. The molecule has 0 bridgehead atoms. The second-order valence-corrected chi connectivity index (χ2v) is 5.25. The van der Waals surface area contributed by atoms with Crippen LogP contribution in [0.5, 0.6) is 0 Å². The Balaban J connectivity index is 2.78. The minimum atomic E-state index is -0.341. The normalized spacial score (nSPS) is 13.5. The van der Waals surface area contributed by atoms with Crippen molar-refractivity contribution < 1.29 is 0 Å². The Hall–Kier alpha value is -1.02. The van der Waals surface area contributed by atoms with Gasteiger partial charge in [-0.2, -0.15) is 10.4 Å². The Bertz CT molecular complexity index is 369. The predicted octanol–water partition coefficient (Wildman–Crippen LogP) is 2.73. The number of halogens is 1. The van der Waals surface area contributed by atoms with Crippen molar-refractivity contribution in [3.05, 3.63) is 10.7 Å². The van der Waals surface area contributed by atoms with Crippen molar-refractivity contribution >= 4 is 21.7 Å². The maximum atomic E-state index is 8.94. The third-order valence-corrected chi connectivity index (χ3v) is 2.88. The monoisotopic (exact) mass is 270 g/mol. The van der Waals surface area contributed by atoms with E-state index < -0.39 is 0 Å². The predicted molar refractivity (Wildman–Crippen MR) is 63.1 cm³/mol. The van der Waals surface area contributed by atoms with Gasteiger partial charge in [0.15, 0.2) is 5.82 Å². The molecule has 1 unspecified atom stereocenters. The number of hydrogen-bond acceptors (Lipinski definition) is 3. The smallest absolute Gasteiger partial charge is 0.159 e. The van der Waals surface area contributed by atoms with Gasteiger partial charge in [-0.3, -0.25) is 4.68 Å².